The van der Waals surface area contributed by atoms with Crippen molar-refractivity contribution in [2.45, 2.75) is 19.4 Å². The average molecular weight is 233 g/mol. The Morgan fingerprint density at radius 3 is 2.88 bits per heavy atom. The molecule has 92 valence electrons. The van der Waals surface area contributed by atoms with Crippen LogP contribution < -0.4 is 15.8 Å². The number of nitriles is 1. The molecule has 0 aliphatic carbocycles. The molecule has 4 heteroatoms. The van der Waals surface area contributed by atoms with Gasteiger partial charge in [-0.25, -0.2) is 0 Å². The molecule has 0 aliphatic rings. The number of hydrogen-bond donors (Lipinski definition) is 2. The summed E-state index contributed by atoms with van der Waals surface area (Å²) in [5, 5.41) is 11.8. The van der Waals surface area contributed by atoms with Crippen LogP contribution in [-0.2, 0) is 6.54 Å². The number of ether oxygens (including phenoxy) is 1. The summed E-state index contributed by atoms with van der Waals surface area (Å²) in [5.74, 6) is 0.778. The monoisotopic (exact) mass is 233 g/mol. The van der Waals surface area contributed by atoms with Gasteiger partial charge < -0.3 is 15.8 Å². The van der Waals surface area contributed by atoms with Crippen molar-refractivity contribution < 1.29 is 4.74 Å². The Morgan fingerprint density at radius 1 is 1.29 bits per heavy atom. The maximum absolute atomic E-state index is 8.49. The molecule has 0 spiro atoms. The van der Waals surface area contributed by atoms with Gasteiger partial charge in [-0.05, 0) is 32.0 Å². The summed E-state index contributed by atoms with van der Waals surface area (Å²) in [5.41, 5.74) is 6.50. The van der Waals surface area contributed by atoms with Crippen molar-refractivity contribution in [3.05, 3.63) is 29.8 Å². The van der Waals surface area contributed by atoms with Gasteiger partial charge in [0.2, 0.25) is 0 Å². The van der Waals surface area contributed by atoms with Gasteiger partial charge in [-0.15, -0.1) is 0 Å². The van der Waals surface area contributed by atoms with Crippen molar-refractivity contribution in [1.29, 1.82) is 5.26 Å². The highest BCUT2D eigenvalue weighted by Gasteiger charge is 2.01. The standard InChI is InChI=1S/C13H19N3O/c14-7-3-4-9-16-11-12-5-1-2-6-13(12)17-10-8-15/h1-2,5-6,16H,3-4,7,9-11,14H2. The molecule has 1 rings (SSSR count). The number of nitrogens with zero attached hydrogens (tertiary/aromatic N) is 1. The lowest BCUT2D eigenvalue weighted by atomic mass is 10.2. The molecule has 0 radical (unpaired) electrons. The fourth-order valence-electron chi connectivity index (χ4n) is 1.52. The molecule has 0 atom stereocenters. The number of hydrogen-bond acceptors (Lipinski definition) is 4. The molecule has 0 unspecified atom stereocenters. The third-order valence-corrected chi connectivity index (χ3v) is 2.39. The molecule has 17 heavy (non-hydrogen) atoms. The van der Waals surface area contributed by atoms with E-state index in [0.717, 1.165) is 43.8 Å². The normalized spacial score (nSPS) is 9.88. The molecular weight excluding hydrogens is 214 g/mol. The highest BCUT2D eigenvalue weighted by Crippen LogP contribution is 2.17. The summed E-state index contributed by atoms with van der Waals surface area (Å²) >= 11 is 0. The fraction of sp³-hybridized carbons (Fsp3) is 0.462. The molecule has 0 fully saturated rings. The second kappa shape index (κ2) is 8.57. The van der Waals surface area contributed by atoms with Crippen molar-refractivity contribution in [3.8, 4) is 11.8 Å². The summed E-state index contributed by atoms with van der Waals surface area (Å²) in [6.45, 7) is 2.53. The molecule has 0 aromatic heterocycles. The van der Waals surface area contributed by atoms with Crippen molar-refractivity contribution in [2.24, 2.45) is 5.73 Å². The summed E-state index contributed by atoms with van der Waals surface area (Å²) in [4.78, 5) is 0. The van der Waals surface area contributed by atoms with E-state index in [9.17, 15) is 0 Å². The summed E-state index contributed by atoms with van der Waals surface area (Å²) < 4.78 is 5.34. The van der Waals surface area contributed by atoms with Crippen LogP contribution in [0.3, 0.4) is 0 Å². The Labute approximate surface area is 102 Å². The van der Waals surface area contributed by atoms with E-state index < -0.39 is 0 Å². The molecule has 3 N–H and O–H groups in total. The van der Waals surface area contributed by atoms with Gasteiger partial charge in [-0.3, -0.25) is 0 Å². The fourth-order valence-corrected chi connectivity index (χ4v) is 1.52. The van der Waals surface area contributed by atoms with Crippen LogP contribution in [0.4, 0.5) is 0 Å². The van der Waals surface area contributed by atoms with Crippen LogP contribution in [-0.4, -0.2) is 19.7 Å². The van der Waals surface area contributed by atoms with Gasteiger partial charge in [0, 0.05) is 12.1 Å². The second-order valence-electron chi connectivity index (χ2n) is 3.73. The van der Waals surface area contributed by atoms with Crippen LogP contribution >= 0.6 is 0 Å². The van der Waals surface area contributed by atoms with E-state index >= 15 is 0 Å². The van der Waals surface area contributed by atoms with Gasteiger partial charge in [0.25, 0.3) is 0 Å². The number of para-hydroxylation sites is 1. The van der Waals surface area contributed by atoms with Crippen LogP contribution in [0.1, 0.15) is 18.4 Å². The minimum Gasteiger partial charge on any atom is -0.478 e. The maximum atomic E-state index is 8.49. The highest BCUT2D eigenvalue weighted by atomic mass is 16.5. The summed E-state index contributed by atoms with van der Waals surface area (Å²) in [6.07, 6.45) is 2.12. The van der Waals surface area contributed by atoms with Gasteiger partial charge in [0.05, 0.1) is 0 Å². The van der Waals surface area contributed by atoms with Crippen LogP contribution in [0.2, 0.25) is 0 Å². The quantitative estimate of drug-likeness (QED) is 0.666. The third-order valence-electron chi connectivity index (χ3n) is 2.39. The van der Waals surface area contributed by atoms with Crippen LogP contribution in [0, 0.1) is 11.3 Å². The molecule has 1 aromatic rings. The lowest BCUT2D eigenvalue weighted by Gasteiger charge is -2.10. The lowest BCUT2D eigenvalue weighted by Crippen LogP contribution is -2.16. The molecule has 0 bridgehead atoms. The van der Waals surface area contributed by atoms with Gasteiger partial charge >= 0.3 is 0 Å². The van der Waals surface area contributed by atoms with Gasteiger partial charge in [-0.1, -0.05) is 18.2 Å². The zero-order valence-corrected chi connectivity index (χ0v) is 9.98. The Bertz CT molecular complexity index is 360. The molecule has 4 nitrogen and oxygen atoms in total. The Hall–Kier alpha value is -1.57. The Morgan fingerprint density at radius 2 is 2.12 bits per heavy atom. The Balaban J connectivity index is 2.38. The van der Waals surface area contributed by atoms with E-state index in [4.69, 9.17) is 15.7 Å². The lowest BCUT2D eigenvalue weighted by molar-refractivity contribution is 0.362. The predicted octanol–water partition coefficient (Wildman–Crippen LogP) is 1.42. The zero-order chi connectivity index (χ0) is 12.3. The second-order valence-corrected chi connectivity index (χ2v) is 3.73. The molecule has 0 aliphatic heterocycles. The Kier molecular flexibility index (Phi) is 6.80. The first-order valence-corrected chi connectivity index (χ1v) is 5.87. The largest absolute Gasteiger partial charge is 0.478 e. The van der Waals surface area contributed by atoms with E-state index in [1.54, 1.807) is 0 Å². The molecule has 0 heterocycles. The van der Waals surface area contributed by atoms with E-state index in [1.807, 2.05) is 30.3 Å². The molecular formula is C13H19N3O. The topological polar surface area (TPSA) is 71.1 Å². The van der Waals surface area contributed by atoms with Gasteiger partial charge in [0.1, 0.15) is 11.8 Å². The van der Waals surface area contributed by atoms with Crippen LogP contribution in [0.5, 0.6) is 5.75 Å². The zero-order valence-electron chi connectivity index (χ0n) is 9.98. The molecule has 0 saturated carbocycles. The molecule has 0 amide bonds. The van der Waals surface area contributed by atoms with Crippen molar-refractivity contribution in [2.75, 3.05) is 19.7 Å². The van der Waals surface area contributed by atoms with Gasteiger partial charge in [0.15, 0.2) is 6.61 Å². The van der Waals surface area contributed by atoms with E-state index in [2.05, 4.69) is 5.32 Å². The van der Waals surface area contributed by atoms with E-state index in [1.165, 1.54) is 0 Å². The number of rotatable bonds is 8. The van der Waals surface area contributed by atoms with E-state index in [0.29, 0.717) is 0 Å². The van der Waals surface area contributed by atoms with Crippen LogP contribution in [0.25, 0.3) is 0 Å². The SMILES string of the molecule is N#CCOc1ccccc1CNCCCCN. The summed E-state index contributed by atoms with van der Waals surface area (Å²) in [7, 11) is 0. The average Bonchev–Trinajstić information content (AvgIpc) is 2.37. The first-order chi connectivity index (χ1) is 8.38. The van der Waals surface area contributed by atoms with E-state index in [-0.39, 0.29) is 6.61 Å². The number of nitrogens with two attached hydrogens (primary N) is 1. The van der Waals surface area contributed by atoms with Crippen molar-refractivity contribution >= 4 is 0 Å². The van der Waals surface area contributed by atoms with Crippen molar-refractivity contribution in [3.63, 3.8) is 0 Å². The molecule has 0 saturated heterocycles. The molecule has 1 aromatic carbocycles. The number of benzene rings is 1. The maximum Gasteiger partial charge on any atom is 0.174 e. The minimum absolute atomic E-state index is 0.0875. The smallest absolute Gasteiger partial charge is 0.174 e. The highest BCUT2D eigenvalue weighted by molar-refractivity contribution is 5.33. The predicted molar refractivity (Wildman–Crippen MR) is 67.5 cm³/mol. The number of unbranched alkanes of at least 4 members (excludes halogenated alkanes) is 1. The van der Waals surface area contributed by atoms with Crippen LogP contribution in [0.15, 0.2) is 24.3 Å². The third kappa shape index (κ3) is 5.34. The summed E-state index contributed by atoms with van der Waals surface area (Å²) in [6, 6.07) is 9.73. The van der Waals surface area contributed by atoms with Crippen molar-refractivity contribution in [1.82, 2.24) is 5.32 Å². The van der Waals surface area contributed by atoms with Gasteiger partial charge in [-0.2, -0.15) is 5.26 Å². The first-order valence-electron chi connectivity index (χ1n) is 5.87. The minimum atomic E-state index is 0.0875. The first kappa shape index (κ1) is 13.5. The number of nitrogens with one attached hydrogen (secondary N) is 1.